The van der Waals surface area contributed by atoms with Gasteiger partial charge in [0.05, 0.1) is 41.4 Å². The van der Waals surface area contributed by atoms with E-state index in [0.29, 0.717) is 39.8 Å². The summed E-state index contributed by atoms with van der Waals surface area (Å²) in [5, 5.41) is 10.7. The van der Waals surface area contributed by atoms with E-state index in [1.165, 1.54) is 0 Å². The van der Waals surface area contributed by atoms with Gasteiger partial charge in [-0.1, -0.05) is 23.7 Å². The molecular formula is C28H25ClFN3O2. The van der Waals surface area contributed by atoms with Gasteiger partial charge in [0.15, 0.2) is 11.6 Å². The monoisotopic (exact) mass is 489 g/mol. The summed E-state index contributed by atoms with van der Waals surface area (Å²) in [5.74, 6) is 0.784. The van der Waals surface area contributed by atoms with Crippen LogP contribution in [0.15, 0.2) is 66.7 Å². The molecule has 0 aliphatic rings. The van der Waals surface area contributed by atoms with Crippen molar-refractivity contribution in [1.82, 2.24) is 4.98 Å². The molecule has 4 rings (SSSR count). The zero-order chi connectivity index (χ0) is 24.9. The number of halogens is 2. The molecule has 0 saturated carbocycles. The maximum absolute atomic E-state index is 15.6. The summed E-state index contributed by atoms with van der Waals surface area (Å²) in [6, 6.07) is 21.8. The molecule has 0 spiro atoms. The molecule has 0 amide bonds. The summed E-state index contributed by atoms with van der Waals surface area (Å²) in [5.41, 5.74) is 2.31. The quantitative estimate of drug-likeness (QED) is 0.257. The number of pyridine rings is 1. The van der Waals surface area contributed by atoms with Gasteiger partial charge in [-0.2, -0.15) is 5.26 Å². The SMILES string of the molecule is CCOc1cc(CN(c2ccc(C#N)cc2)c2ccc3cccc(Cl)c3n2)c(F)c(OC(C)C)c1. The Morgan fingerprint density at radius 3 is 2.54 bits per heavy atom. The van der Waals surface area contributed by atoms with E-state index in [2.05, 4.69) is 6.07 Å². The zero-order valence-electron chi connectivity index (χ0n) is 19.8. The number of benzene rings is 3. The highest BCUT2D eigenvalue weighted by Gasteiger charge is 2.20. The van der Waals surface area contributed by atoms with Crippen molar-refractivity contribution in [2.24, 2.45) is 0 Å². The lowest BCUT2D eigenvalue weighted by Crippen LogP contribution is -2.19. The van der Waals surface area contributed by atoms with E-state index < -0.39 is 5.82 Å². The molecule has 0 radical (unpaired) electrons. The fourth-order valence-corrected chi connectivity index (χ4v) is 4.00. The molecule has 0 saturated heterocycles. The number of ether oxygens (including phenoxy) is 2. The molecular weight excluding hydrogens is 465 g/mol. The number of aromatic nitrogens is 1. The number of nitriles is 1. The molecule has 0 N–H and O–H groups in total. The van der Waals surface area contributed by atoms with Gasteiger partial charge in [0.25, 0.3) is 0 Å². The number of hydrogen-bond acceptors (Lipinski definition) is 5. The van der Waals surface area contributed by atoms with Gasteiger partial charge >= 0.3 is 0 Å². The molecule has 1 heterocycles. The summed E-state index contributed by atoms with van der Waals surface area (Å²) in [4.78, 5) is 6.67. The van der Waals surface area contributed by atoms with Gasteiger partial charge in [0.2, 0.25) is 0 Å². The van der Waals surface area contributed by atoms with Crippen molar-refractivity contribution in [2.45, 2.75) is 33.4 Å². The number of anilines is 2. The van der Waals surface area contributed by atoms with Crippen LogP contribution in [0.4, 0.5) is 15.9 Å². The van der Waals surface area contributed by atoms with Gasteiger partial charge in [0.1, 0.15) is 11.6 Å². The number of para-hydroxylation sites is 1. The second-order valence-electron chi connectivity index (χ2n) is 8.22. The number of nitrogens with zero attached hydrogens (tertiary/aromatic N) is 3. The van der Waals surface area contributed by atoms with E-state index in [-0.39, 0.29) is 18.4 Å². The van der Waals surface area contributed by atoms with E-state index in [4.69, 9.17) is 26.1 Å². The first-order valence-corrected chi connectivity index (χ1v) is 11.7. The lowest BCUT2D eigenvalue weighted by atomic mass is 10.1. The Morgan fingerprint density at radius 1 is 1.09 bits per heavy atom. The van der Waals surface area contributed by atoms with Crippen LogP contribution in [-0.4, -0.2) is 17.7 Å². The molecule has 35 heavy (non-hydrogen) atoms. The molecule has 0 bridgehead atoms. The highest BCUT2D eigenvalue weighted by Crippen LogP contribution is 2.34. The van der Waals surface area contributed by atoms with Crippen molar-refractivity contribution >= 4 is 34.0 Å². The predicted molar refractivity (Wildman–Crippen MR) is 137 cm³/mol. The first-order chi connectivity index (χ1) is 16.9. The highest BCUT2D eigenvalue weighted by atomic mass is 35.5. The van der Waals surface area contributed by atoms with Crippen LogP contribution in [0.2, 0.25) is 5.02 Å². The Balaban J connectivity index is 1.84. The highest BCUT2D eigenvalue weighted by molar-refractivity contribution is 6.35. The smallest absolute Gasteiger partial charge is 0.170 e. The molecule has 0 unspecified atom stereocenters. The maximum Gasteiger partial charge on any atom is 0.170 e. The lowest BCUT2D eigenvalue weighted by Gasteiger charge is -2.26. The van der Waals surface area contributed by atoms with Crippen molar-refractivity contribution in [3.8, 4) is 17.6 Å². The van der Waals surface area contributed by atoms with Crippen LogP contribution in [0.3, 0.4) is 0 Å². The summed E-state index contributed by atoms with van der Waals surface area (Å²) >= 11 is 6.42. The zero-order valence-corrected chi connectivity index (χ0v) is 20.5. The Bertz CT molecular complexity index is 1380. The van der Waals surface area contributed by atoms with Crippen molar-refractivity contribution in [1.29, 1.82) is 5.26 Å². The molecule has 3 aromatic carbocycles. The van der Waals surface area contributed by atoms with Gasteiger partial charge in [-0.15, -0.1) is 0 Å². The lowest BCUT2D eigenvalue weighted by molar-refractivity contribution is 0.228. The largest absolute Gasteiger partial charge is 0.494 e. The second kappa shape index (κ2) is 10.6. The first-order valence-electron chi connectivity index (χ1n) is 11.3. The van der Waals surface area contributed by atoms with Gasteiger partial charge in [-0.3, -0.25) is 0 Å². The topological polar surface area (TPSA) is 58.4 Å². The molecule has 0 aliphatic carbocycles. The molecule has 7 heteroatoms. The van der Waals surface area contributed by atoms with E-state index in [9.17, 15) is 5.26 Å². The first kappa shape index (κ1) is 24.3. The number of rotatable bonds is 8. The fraction of sp³-hybridized carbons (Fsp3) is 0.214. The maximum atomic E-state index is 15.6. The van der Waals surface area contributed by atoms with E-state index in [1.54, 1.807) is 30.3 Å². The minimum absolute atomic E-state index is 0.134. The third kappa shape index (κ3) is 5.47. The fourth-order valence-electron chi connectivity index (χ4n) is 3.77. The molecule has 4 aromatic rings. The average molecular weight is 490 g/mol. The molecule has 5 nitrogen and oxygen atoms in total. The summed E-state index contributed by atoms with van der Waals surface area (Å²) in [7, 11) is 0. The third-order valence-corrected chi connectivity index (χ3v) is 5.64. The second-order valence-corrected chi connectivity index (χ2v) is 8.63. The van der Waals surface area contributed by atoms with Crippen molar-refractivity contribution in [3.63, 3.8) is 0 Å². The van der Waals surface area contributed by atoms with E-state index >= 15 is 4.39 Å². The van der Waals surface area contributed by atoms with Crippen LogP contribution in [0, 0.1) is 17.1 Å². The van der Waals surface area contributed by atoms with E-state index in [1.807, 2.05) is 62.1 Å². The molecule has 178 valence electrons. The molecule has 0 aliphatic heterocycles. The number of fused-ring (bicyclic) bond motifs is 1. The minimum Gasteiger partial charge on any atom is -0.494 e. The van der Waals surface area contributed by atoms with Crippen LogP contribution in [0.25, 0.3) is 10.9 Å². The van der Waals surface area contributed by atoms with Gasteiger partial charge in [-0.25, -0.2) is 9.37 Å². The average Bonchev–Trinajstić information content (AvgIpc) is 2.85. The van der Waals surface area contributed by atoms with Crippen LogP contribution in [-0.2, 0) is 6.54 Å². The van der Waals surface area contributed by atoms with Gasteiger partial charge < -0.3 is 14.4 Å². The Kier molecular flexibility index (Phi) is 7.38. The third-order valence-electron chi connectivity index (χ3n) is 5.33. The van der Waals surface area contributed by atoms with Crippen molar-refractivity contribution in [3.05, 3.63) is 88.7 Å². The Hall–Kier alpha value is -3.82. The standard InChI is InChI=1S/C28H25ClFN3O2/c1-4-34-23-14-21(27(30)25(15-23)35-18(2)3)17-33(22-11-8-19(16-31)9-12-22)26-13-10-20-6-5-7-24(29)28(20)32-26/h5-15,18H,4,17H2,1-3H3. The van der Waals surface area contributed by atoms with Gasteiger partial charge in [0, 0.05) is 22.7 Å². The Morgan fingerprint density at radius 2 is 1.86 bits per heavy atom. The number of hydrogen-bond donors (Lipinski definition) is 0. The van der Waals surface area contributed by atoms with Gasteiger partial charge in [-0.05, 0) is 69.3 Å². The predicted octanol–water partition coefficient (Wildman–Crippen LogP) is 7.42. The van der Waals surface area contributed by atoms with Crippen LogP contribution >= 0.6 is 11.6 Å². The minimum atomic E-state index is -0.459. The van der Waals surface area contributed by atoms with Crippen molar-refractivity contribution in [2.75, 3.05) is 11.5 Å². The summed E-state index contributed by atoms with van der Waals surface area (Å²) in [6.45, 7) is 6.15. The molecule has 1 aromatic heterocycles. The molecule has 0 fully saturated rings. The van der Waals surface area contributed by atoms with Crippen LogP contribution in [0.1, 0.15) is 31.9 Å². The summed E-state index contributed by atoms with van der Waals surface area (Å²) in [6.07, 6.45) is -0.201. The van der Waals surface area contributed by atoms with Crippen LogP contribution < -0.4 is 14.4 Å². The van der Waals surface area contributed by atoms with Crippen molar-refractivity contribution < 1.29 is 13.9 Å². The summed E-state index contributed by atoms with van der Waals surface area (Å²) < 4.78 is 27.0. The van der Waals surface area contributed by atoms with E-state index in [0.717, 1.165) is 11.1 Å². The Labute approximate surface area is 209 Å². The van der Waals surface area contributed by atoms with Crippen LogP contribution in [0.5, 0.6) is 11.5 Å². The molecule has 0 atom stereocenters. The normalized spacial score (nSPS) is 10.9.